The fourth-order valence-electron chi connectivity index (χ4n) is 1.32. The molecule has 4 heteroatoms. The van der Waals surface area contributed by atoms with E-state index < -0.39 is 17.4 Å². The minimum absolute atomic E-state index is 0.0309. The van der Waals surface area contributed by atoms with Crippen molar-refractivity contribution in [2.75, 3.05) is 0 Å². The largest absolute Gasteiger partial charge is 0.299 e. The predicted octanol–water partition coefficient (Wildman–Crippen LogP) is 2.91. The molecule has 1 aromatic rings. The molecule has 0 aliphatic carbocycles. The van der Waals surface area contributed by atoms with E-state index in [9.17, 15) is 18.4 Å². The maximum Gasteiger partial charge on any atom is 0.170 e. The van der Waals surface area contributed by atoms with Crippen LogP contribution in [0.4, 0.5) is 8.78 Å². The van der Waals surface area contributed by atoms with Gasteiger partial charge in [-0.1, -0.05) is 6.92 Å². The van der Waals surface area contributed by atoms with Crippen LogP contribution in [0.25, 0.3) is 0 Å². The molecular formula is C12H12F2O2. The lowest BCUT2D eigenvalue weighted by molar-refractivity contribution is -0.118. The summed E-state index contributed by atoms with van der Waals surface area (Å²) in [6.07, 6.45) is 0.748. The number of benzene rings is 1. The lowest BCUT2D eigenvalue weighted by Crippen LogP contribution is -2.08. The van der Waals surface area contributed by atoms with E-state index in [4.69, 9.17) is 0 Å². The van der Waals surface area contributed by atoms with Crippen LogP contribution in [0.15, 0.2) is 18.2 Å². The molecule has 0 unspecified atom stereocenters. The molecule has 1 aromatic carbocycles. The van der Waals surface area contributed by atoms with Crippen LogP contribution in [-0.2, 0) is 4.79 Å². The van der Waals surface area contributed by atoms with Gasteiger partial charge in [-0.25, -0.2) is 8.78 Å². The molecule has 0 atom stereocenters. The summed E-state index contributed by atoms with van der Waals surface area (Å²) in [6.45, 7) is 1.83. The Morgan fingerprint density at radius 3 is 2.44 bits per heavy atom. The quantitative estimate of drug-likeness (QED) is 0.571. The number of hydrogen-bond acceptors (Lipinski definition) is 2. The van der Waals surface area contributed by atoms with E-state index in [1.165, 1.54) is 6.07 Å². The highest BCUT2D eigenvalue weighted by Crippen LogP contribution is 2.11. The minimum Gasteiger partial charge on any atom is -0.299 e. The van der Waals surface area contributed by atoms with Crippen LogP contribution in [0.2, 0.25) is 0 Å². The summed E-state index contributed by atoms with van der Waals surface area (Å²) in [5, 5.41) is 0. The van der Waals surface area contributed by atoms with Crippen LogP contribution in [-0.4, -0.2) is 11.6 Å². The molecule has 1 rings (SSSR count). The second-order valence-corrected chi connectivity index (χ2v) is 3.52. The summed E-state index contributed by atoms with van der Waals surface area (Å²) < 4.78 is 25.4. The molecule has 0 saturated heterocycles. The van der Waals surface area contributed by atoms with Gasteiger partial charge in [0.15, 0.2) is 17.4 Å². The Labute approximate surface area is 92.3 Å². The average Bonchev–Trinajstić information content (AvgIpc) is 2.22. The zero-order valence-corrected chi connectivity index (χ0v) is 8.93. The van der Waals surface area contributed by atoms with E-state index in [1.54, 1.807) is 0 Å². The Kier molecular flexibility index (Phi) is 4.28. The van der Waals surface area contributed by atoms with E-state index >= 15 is 0 Å². The first-order chi connectivity index (χ1) is 7.54. The van der Waals surface area contributed by atoms with Crippen molar-refractivity contribution in [3.8, 4) is 0 Å². The molecule has 0 fully saturated rings. The van der Waals surface area contributed by atoms with Gasteiger partial charge < -0.3 is 0 Å². The smallest absolute Gasteiger partial charge is 0.170 e. The van der Waals surface area contributed by atoms with E-state index in [2.05, 4.69) is 0 Å². The fourth-order valence-corrected chi connectivity index (χ4v) is 1.32. The van der Waals surface area contributed by atoms with Crippen molar-refractivity contribution in [2.24, 2.45) is 0 Å². The third-order valence-electron chi connectivity index (χ3n) is 2.13. The maximum atomic E-state index is 12.8. The average molecular weight is 226 g/mol. The van der Waals surface area contributed by atoms with E-state index in [1.807, 2.05) is 6.92 Å². The van der Waals surface area contributed by atoms with Gasteiger partial charge in [-0.15, -0.1) is 0 Å². The zero-order chi connectivity index (χ0) is 12.1. The van der Waals surface area contributed by atoms with Gasteiger partial charge in [0.05, 0.1) is 6.42 Å². The number of ketones is 2. The van der Waals surface area contributed by atoms with Gasteiger partial charge in [0.1, 0.15) is 5.78 Å². The Bertz CT molecular complexity index is 413. The molecule has 0 radical (unpaired) electrons. The molecule has 2 nitrogen and oxygen atoms in total. The molecular weight excluding hydrogens is 214 g/mol. The predicted molar refractivity (Wildman–Crippen MR) is 55.2 cm³/mol. The Morgan fingerprint density at radius 2 is 1.88 bits per heavy atom. The van der Waals surface area contributed by atoms with Gasteiger partial charge in [-0.2, -0.15) is 0 Å². The van der Waals surface area contributed by atoms with Crippen molar-refractivity contribution in [1.29, 1.82) is 0 Å². The molecule has 0 aliphatic rings. The monoisotopic (exact) mass is 226 g/mol. The van der Waals surface area contributed by atoms with Gasteiger partial charge >= 0.3 is 0 Å². The summed E-state index contributed by atoms with van der Waals surface area (Å²) in [5.41, 5.74) is 0.0309. The maximum absolute atomic E-state index is 12.8. The second kappa shape index (κ2) is 5.49. The van der Waals surface area contributed by atoms with Crippen LogP contribution in [0.3, 0.4) is 0 Å². The van der Waals surface area contributed by atoms with Gasteiger partial charge in [-0.05, 0) is 24.6 Å². The molecule has 16 heavy (non-hydrogen) atoms. The van der Waals surface area contributed by atoms with Gasteiger partial charge in [0.2, 0.25) is 0 Å². The number of carbonyl (C=O) groups is 2. The first-order valence-electron chi connectivity index (χ1n) is 5.04. The number of carbonyl (C=O) groups excluding carboxylic acids is 2. The van der Waals surface area contributed by atoms with E-state index in [0.717, 1.165) is 12.1 Å². The van der Waals surface area contributed by atoms with Crippen molar-refractivity contribution in [3.63, 3.8) is 0 Å². The van der Waals surface area contributed by atoms with Crippen LogP contribution in [0.1, 0.15) is 36.5 Å². The first-order valence-corrected chi connectivity index (χ1v) is 5.04. The molecule has 0 aliphatic heterocycles. The molecule has 0 bridgehead atoms. The summed E-state index contributed by atoms with van der Waals surface area (Å²) in [5.74, 6) is -2.74. The summed E-state index contributed by atoms with van der Waals surface area (Å²) in [6, 6.07) is 2.88. The van der Waals surface area contributed by atoms with Crippen LogP contribution < -0.4 is 0 Å². The summed E-state index contributed by atoms with van der Waals surface area (Å²) >= 11 is 0. The van der Waals surface area contributed by atoms with Crippen molar-refractivity contribution in [3.05, 3.63) is 35.4 Å². The number of Topliss-reactive ketones (excluding diaryl/α,β-unsaturated/α-hetero) is 2. The van der Waals surface area contributed by atoms with Crippen LogP contribution in [0.5, 0.6) is 0 Å². The lowest BCUT2D eigenvalue weighted by Gasteiger charge is -2.00. The molecule has 0 heterocycles. The van der Waals surface area contributed by atoms with Crippen molar-refractivity contribution >= 4 is 11.6 Å². The molecule has 0 N–H and O–H groups in total. The van der Waals surface area contributed by atoms with Crippen LogP contribution >= 0.6 is 0 Å². The van der Waals surface area contributed by atoms with Gasteiger partial charge in [-0.3, -0.25) is 9.59 Å². The third kappa shape index (κ3) is 3.22. The normalized spacial score (nSPS) is 10.2. The molecule has 0 saturated carbocycles. The Hall–Kier alpha value is -1.58. The van der Waals surface area contributed by atoms with Gasteiger partial charge in [0.25, 0.3) is 0 Å². The van der Waals surface area contributed by atoms with Gasteiger partial charge in [0, 0.05) is 12.0 Å². The lowest BCUT2D eigenvalue weighted by atomic mass is 10.0. The van der Waals surface area contributed by atoms with Crippen LogP contribution in [0, 0.1) is 11.6 Å². The van der Waals surface area contributed by atoms with Crippen molar-refractivity contribution in [1.82, 2.24) is 0 Å². The van der Waals surface area contributed by atoms with E-state index in [0.29, 0.717) is 12.8 Å². The molecule has 86 valence electrons. The Morgan fingerprint density at radius 1 is 1.19 bits per heavy atom. The highest BCUT2D eigenvalue weighted by Gasteiger charge is 2.13. The summed E-state index contributed by atoms with van der Waals surface area (Å²) in [4.78, 5) is 22.7. The van der Waals surface area contributed by atoms with Crippen molar-refractivity contribution in [2.45, 2.75) is 26.2 Å². The van der Waals surface area contributed by atoms with Crippen molar-refractivity contribution < 1.29 is 18.4 Å². The number of hydrogen-bond donors (Lipinski definition) is 0. The summed E-state index contributed by atoms with van der Waals surface area (Å²) in [7, 11) is 0. The third-order valence-corrected chi connectivity index (χ3v) is 2.13. The minimum atomic E-state index is -1.08. The second-order valence-electron chi connectivity index (χ2n) is 3.52. The number of halogens is 2. The molecule has 0 spiro atoms. The SMILES string of the molecule is CCCC(=O)CC(=O)c1ccc(F)c(F)c1. The highest BCUT2D eigenvalue weighted by atomic mass is 19.2. The highest BCUT2D eigenvalue weighted by molar-refractivity contribution is 6.07. The zero-order valence-electron chi connectivity index (χ0n) is 8.93. The Balaban J connectivity index is 2.73. The number of rotatable bonds is 5. The fraction of sp³-hybridized carbons (Fsp3) is 0.333. The first kappa shape index (κ1) is 12.5. The topological polar surface area (TPSA) is 34.1 Å². The molecule has 0 aromatic heterocycles. The van der Waals surface area contributed by atoms with E-state index in [-0.39, 0.29) is 17.8 Å². The standard InChI is InChI=1S/C12H12F2O2/c1-2-3-9(15)7-12(16)8-4-5-10(13)11(14)6-8/h4-6H,2-3,7H2,1H3. The molecule has 0 amide bonds.